The Balaban J connectivity index is 1.58. The fourth-order valence-electron chi connectivity index (χ4n) is 4.50. The molecular weight excluding hydrogens is 390 g/mol. The molecule has 0 unspecified atom stereocenters. The number of rotatable bonds is 7. The summed E-state index contributed by atoms with van der Waals surface area (Å²) in [6, 6.07) is 7.97. The first kappa shape index (κ1) is 23.3. The van der Waals surface area contributed by atoms with Crippen LogP contribution in [-0.2, 0) is 11.3 Å². The number of hydrogen-bond donors (Lipinski definition) is 0. The summed E-state index contributed by atoms with van der Waals surface area (Å²) in [7, 11) is 2.12. The van der Waals surface area contributed by atoms with Crippen molar-refractivity contribution in [3.05, 3.63) is 41.7 Å². The van der Waals surface area contributed by atoms with E-state index < -0.39 is 5.60 Å². The second-order valence-corrected chi connectivity index (χ2v) is 9.97. The van der Waals surface area contributed by atoms with Crippen LogP contribution >= 0.6 is 0 Å². The molecule has 0 spiro atoms. The summed E-state index contributed by atoms with van der Waals surface area (Å²) in [5.41, 5.74) is 2.64. The maximum atomic E-state index is 12.4. The quantitative estimate of drug-likeness (QED) is 0.584. The molecule has 6 nitrogen and oxygen atoms in total. The molecule has 0 aliphatic carbocycles. The SMILES string of the molecule is CCC1(CCN(C)Cc2c(C=O)cc3ccccn23)CCN(C(=O)OC(C)(C)C)CC1. The van der Waals surface area contributed by atoms with Crippen LogP contribution in [0, 0.1) is 5.41 Å². The number of hydrogen-bond acceptors (Lipinski definition) is 4. The van der Waals surface area contributed by atoms with Crippen LogP contribution in [0.25, 0.3) is 5.52 Å². The van der Waals surface area contributed by atoms with E-state index in [-0.39, 0.29) is 11.5 Å². The van der Waals surface area contributed by atoms with Crippen LogP contribution in [0.3, 0.4) is 0 Å². The molecule has 3 rings (SSSR count). The van der Waals surface area contributed by atoms with Gasteiger partial charge < -0.3 is 18.9 Å². The van der Waals surface area contributed by atoms with Crippen molar-refractivity contribution in [3.8, 4) is 0 Å². The van der Waals surface area contributed by atoms with Crippen LogP contribution in [0.4, 0.5) is 4.79 Å². The number of pyridine rings is 1. The van der Waals surface area contributed by atoms with Gasteiger partial charge in [-0.15, -0.1) is 0 Å². The van der Waals surface area contributed by atoms with Gasteiger partial charge in [0, 0.05) is 42.6 Å². The number of amides is 1. The molecule has 0 bridgehead atoms. The second-order valence-electron chi connectivity index (χ2n) is 9.97. The molecule has 1 fully saturated rings. The highest BCUT2D eigenvalue weighted by molar-refractivity contribution is 5.80. The van der Waals surface area contributed by atoms with E-state index in [0.717, 1.165) is 74.9 Å². The van der Waals surface area contributed by atoms with E-state index in [4.69, 9.17) is 4.74 Å². The average Bonchev–Trinajstić information content (AvgIpc) is 3.09. The van der Waals surface area contributed by atoms with Crippen LogP contribution in [0.5, 0.6) is 0 Å². The molecule has 2 aromatic rings. The van der Waals surface area contributed by atoms with Crippen molar-refractivity contribution in [2.24, 2.45) is 5.41 Å². The minimum Gasteiger partial charge on any atom is -0.444 e. The number of nitrogens with zero attached hydrogens (tertiary/aromatic N) is 3. The Labute approximate surface area is 186 Å². The predicted molar refractivity (Wildman–Crippen MR) is 124 cm³/mol. The number of fused-ring (bicyclic) bond motifs is 1. The normalized spacial score (nSPS) is 16.6. The van der Waals surface area contributed by atoms with E-state index in [0.29, 0.717) is 0 Å². The summed E-state index contributed by atoms with van der Waals surface area (Å²) in [4.78, 5) is 28.1. The molecule has 1 amide bonds. The molecule has 1 aliphatic heterocycles. The minimum absolute atomic E-state index is 0.198. The summed E-state index contributed by atoms with van der Waals surface area (Å²) in [5, 5.41) is 0. The second kappa shape index (κ2) is 9.43. The van der Waals surface area contributed by atoms with Crippen molar-refractivity contribution in [1.82, 2.24) is 14.2 Å². The van der Waals surface area contributed by atoms with E-state index in [2.05, 4.69) is 23.3 Å². The first-order valence-electron chi connectivity index (χ1n) is 11.4. The van der Waals surface area contributed by atoms with Gasteiger partial charge in [-0.1, -0.05) is 19.4 Å². The Hall–Kier alpha value is -2.34. The molecule has 0 atom stereocenters. The zero-order valence-electron chi connectivity index (χ0n) is 19.7. The lowest BCUT2D eigenvalue weighted by Gasteiger charge is -2.42. The van der Waals surface area contributed by atoms with Gasteiger partial charge in [0.25, 0.3) is 0 Å². The number of carbonyl (C=O) groups excluding carboxylic acids is 2. The lowest BCUT2D eigenvalue weighted by Crippen LogP contribution is -2.45. The number of likely N-dealkylation sites (tertiary alicyclic amines) is 1. The zero-order valence-corrected chi connectivity index (χ0v) is 19.7. The first-order chi connectivity index (χ1) is 14.7. The summed E-state index contributed by atoms with van der Waals surface area (Å²) in [5.74, 6) is 0. The van der Waals surface area contributed by atoms with Crippen LogP contribution < -0.4 is 0 Å². The molecule has 0 aromatic carbocycles. The van der Waals surface area contributed by atoms with Crippen LogP contribution in [0.15, 0.2) is 30.5 Å². The van der Waals surface area contributed by atoms with Gasteiger partial charge in [0.2, 0.25) is 0 Å². The summed E-state index contributed by atoms with van der Waals surface area (Å²) in [6.45, 7) is 11.2. The molecular formula is C25H37N3O3. The Morgan fingerprint density at radius 1 is 1.26 bits per heavy atom. The molecule has 3 heterocycles. The van der Waals surface area contributed by atoms with E-state index in [1.54, 1.807) is 0 Å². The fraction of sp³-hybridized carbons (Fsp3) is 0.600. The monoisotopic (exact) mass is 427 g/mol. The van der Waals surface area contributed by atoms with E-state index >= 15 is 0 Å². The largest absolute Gasteiger partial charge is 0.444 e. The Morgan fingerprint density at radius 2 is 1.97 bits per heavy atom. The summed E-state index contributed by atoms with van der Waals surface area (Å²) >= 11 is 0. The molecule has 1 aliphatic rings. The zero-order chi connectivity index (χ0) is 22.6. The summed E-state index contributed by atoms with van der Waals surface area (Å²) in [6.07, 6.45) is 6.98. The molecule has 0 saturated carbocycles. The third kappa shape index (κ3) is 5.67. The standard InChI is InChI=1S/C25H37N3O3/c1-6-25(11-15-27(16-12-25)23(30)31-24(2,3)4)10-14-26(5)18-22-20(19-29)17-21-9-7-8-13-28(21)22/h7-9,13,17,19H,6,10-12,14-16,18H2,1-5H3. The van der Waals surface area contributed by atoms with Gasteiger partial charge in [-0.25, -0.2) is 4.79 Å². The molecule has 170 valence electrons. The number of aromatic nitrogens is 1. The molecule has 0 radical (unpaired) electrons. The molecule has 6 heteroatoms. The number of piperidine rings is 1. The smallest absolute Gasteiger partial charge is 0.410 e. The van der Waals surface area contributed by atoms with Crippen LogP contribution in [-0.4, -0.2) is 58.9 Å². The van der Waals surface area contributed by atoms with Crippen molar-refractivity contribution in [3.63, 3.8) is 0 Å². The highest BCUT2D eigenvalue weighted by atomic mass is 16.6. The van der Waals surface area contributed by atoms with Crippen molar-refractivity contribution in [2.75, 3.05) is 26.7 Å². The average molecular weight is 428 g/mol. The predicted octanol–water partition coefficient (Wildman–Crippen LogP) is 5.00. The highest BCUT2D eigenvalue weighted by Crippen LogP contribution is 2.38. The van der Waals surface area contributed by atoms with Crippen LogP contribution in [0.1, 0.15) is 69.4 Å². The lowest BCUT2D eigenvalue weighted by molar-refractivity contribution is 0.00709. The van der Waals surface area contributed by atoms with Crippen molar-refractivity contribution in [1.29, 1.82) is 0 Å². The van der Waals surface area contributed by atoms with E-state index in [1.165, 1.54) is 0 Å². The maximum Gasteiger partial charge on any atom is 0.410 e. The topological polar surface area (TPSA) is 54.3 Å². The third-order valence-electron chi connectivity index (χ3n) is 6.62. The van der Waals surface area contributed by atoms with E-state index in [1.807, 2.05) is 56.1 Å². The van der Waals surface area contributed by atoms with Gasteiger partial charge in [-0.2, -0.15) is 0 Å². The third-order valence-corrected chi connectivity index (χ3v) is 6.62. The van der Waals surface area contributed by atoms with Crippen molar-refractivity contribution >= 4 is 17.9 Å². The Morgan fingerprint density at radius 3 is 2.58 bits per heavy atom. The van der Waals surface area contributed by atoms with Crippen molar-refractivity contribution in [2.45, 2.75) is 65.5 Å². The maximum absolute atomic E-state index is 12.4. The van der Waals surface area contributed by atoms with Gasteiger partial charge in [0.15, 0.2) is 6.29 Å². The first-order valence-corrected chi connectivity index (χ1v) is 11.4. The molecule has 2 aromatic heterocycles. The molecule has 31 heavy (non-hydrogen) atoms. The lowest BCUT2D eigenvalue weighted by atomic mass is 9.73. The highest BCUT2D eigenvalue weighted by Gasteiger charge is 2.35. The summed E-state index contributed by atoms with van der Waals surface area (Å²) < 4.78 is 7.65. The van der Waals surface area contributed by atoms with Gasteiger partial charge >= 0.3 is 6.09 Å². The fourth-order valence-corrected chi connectivity index (χ4v) is 4.50. The number of ether oxygens (including phenoxy) is 1. The molecule has 0 N–H and O–H groups in total. The minimum atomic E-state index is -0.456. The van der Waals surface area contributed by atoms with Crippen LogP contribution in [0.2, 0.25) is 0 Å². The number of aldehydes is 1. The van der Waals surface area contributed by atoms with Crippen molar-refractivity contribution < 1.29 is 14.3 Å². The Bertz CT molecular complexity index is 904. The molecule has 1 saturated heterocycles. The van der Waals surface area contributed by atoms with Gasteiger partial charge in [0.05, 0.1) is 0 Å². The van der Waals surface area contributed by atoms with Gasteiger partial charge in [-0.3, -0.25) is 4.79 Å². The van der Waals surface area contributed by atoms with Gasteiger partial charge in [0.1, 0.15) is 5.60 Å². The Kier molecular flexibility index (Phi) is 7.10. The number of carbonyl (C=O) groups is 2. The van der Waals surface area contributed by atoms with Gasteiger partial charge in [-0.05, 0) is 77.2 Å². The van der Waals surface area contributed by atoms with E-state index in [9.17, 15) is 9.59 Å².